The van der Waals surface area contributed by atoms with Gasteiger partial charge in [0, 0.05) is 18.6 Å². The fraction of sp³-hybridized carbons (Fsp3) is 1.00. The van der Waals surface area contributed by atoms with Crippen LogP contribution in [0.25, 0.3) is 0 Å². The van der Waals surface area contributed by atoms with E-state index in [2.05, 4.69) is 45.1 Å². The Hall–Kier alpha value is -0.0800. The summed E-state index contributed by atoms with van der Waals surface area (Å²) in [7, 11) is 4.48. The molecule has 0 amide bonds. The molecular formula is C16H32N2. The second-order valence-corrected chi connectivity index (χ2v) is 7.72. The summed E-state index contributed by atoms with van der Waals surface area (Å²) in [6.45, 7) is 8.56. The van der Waals surface area contributed by atoms with E-state index in [1.165, 1.54) is 38.6 Å². The summed E-state index contributed by atoms with van der Waals surface area (Å²) >= 11 is 0. The zero-order chi connectivity index (χ0) is 13.3. The van der Waals surface area contributed by atoms with Gasteiger partial charge in [0.05, 0.1) is 0 Å². The molecule has 0 saturated heterocycles. The zero-order valence-corrected chi connectivity index (χ0v) is 13.0. The maximum atomic E-state index is 3.56. The first-order valence-electron chi connectivity index (χ1n) is 7.79. The lowest BCUT2D eigenvalue weighted by molar-refractivity contribution is 0.0725. The third-order valence-electron chi connectivity index (χ3n) is 5.22. The van der Waals surface area contributed by atoms with Crippen molar-refractivity contribution >= 4 is 0 Å². The zero-order valence-electron chi connectivity index (χ0n) is 13.0. The van der Waals surface area contributed by atoms with Gasteiger partial charge in [0.15, 0.2) is 0 Å². The number of hydrogen-bond donors (Lipinski definition) is 1. The van der Waals surface area contributed by atoms with Crippen LogP contribution in [0.1, 0.15) is 52.9 Å². The molecule has 2 heteroatoms. The van der Waals surface area contributed by atoms with Gasteiger partial charge in [0.1, 0.15) is 0 Å². The minimum atomic E-state index is 0.470. The molecule has 3 atom stereocenters. The van der Waals surface area contributed by atoms with E-state index in [0.29, 0.717) is 11.5 Å². The van der Waals surface area contributed by atoms with Crippen LogP contribution in [0.2, 0.25) is 0 Å². The molecule has 0 aliphatic heterocycles. The summed E-state index contributed by atoms with van der Waals surface area (Å²) in [5.74, 6) is 1.89. The van der Waals surface area contributed by atoms with E-state index in [-0.39, 0.29) is 0 Å². The molecule has 0 heterocycles. The van der Waals surface area contributed by atoms with Gasteiger partial charge in [-0.2, -0.15) is 0 Å². The van der Waals surface area contributed by atoms with Crippen molar-refractivity contribution in [1.29, 1.82) is 0 Å². The van der Waals surface area contributed by atoms with Gasteiger partial charge in [-0.05, 0) is 63.5 Å². The van der Waals surface area contributed by atoms with Gasteiger partial charge in [-0.15, -0.1) is 0 Å². The van der Waals surface area contributed by atoms with E-state index in [4.69, 9.17) is 0 Å². The lowest BCUT2D eigenvalue weighted by Crippen LogP contribution is -2.52. The van der Waals surface area contributed by atoms with Crippen molar-refractivity contribution in [1.82, 2.24) is 10.2 Å². The maximum absolute atomic E-state index is 3.56. The highest BCUT2D eigenvalue weighted by molar-refractivity contribution is 4.94. The topological polar surface area (TPSA) is 15.3 Å². The van der Waals surface area contributed by atoms with Crippen molar-refractivity contribution < 1.29 is 0 Å². The summed E-state index contributed by atoms with van der Waals surface area (Å²) < 4.78 is 0. The molecular weight excluding hydrogens is 220 g/mol. The summed E-state index contributed by atoms with van der Waals surface area (Å²) in [6.07, 6.45) is 7.03. The van der Waals surface area contributed by atoms with Crippen LogP contribution in [0.4, 0.5) is 0 Å². The molecule has 3 unspecified atom stereocenters. The van der Waals surface area contributed by atoms with Gasteiger partial charge in [-0.3, -0.25) is 0 Å². The van der Waals surface area contributed by atoms with Crippen LogP contribution in [0.3, 0.4) is 0 Å². The minimum Gasteiger partial charge on any atom is -0.315 e. The maximum Gasteiger partial charge on any atom is 0.0249 e. The molecule has 0 radical (unpaired) electrons. The summed E-state index contributed by atoms with van der Waals surface area (Å²) in [4.78, 5) is 2.65. The number of rotatable bonds is 4. The Labute approximate surface area is 114 Å². The Morgan fingerprint density at radius 3 is 2.28 bits per heavy atom. The highest BCUT2D eigenvalue weighted by atomic mass is 15.2. The van der Waals surface area contributed by atoms with E-state index in [9.17, 15) is 0 Å². The van der Waals surface area contributed by atoms with E-state index in [0.717, 1.165) is 17.9 Å². The van der Waals surface area contributed by atoms with Crippen molar-refractivity contribution in [3.63, 3.8) is 0 Å². The van der Waals surface area contributed by atoms with Crippen molar-refractivity contribution in [3.8, 4) is 0 Å². The molecule has 0 bridgehead atoms. The van der Waals surface area contributed by atoms with Crippen LogP contribution < -0.4 is 5.32 Å². The third-order valence-corrected chi connectivity index (χ3v) is 5.22. The van der Waals surface area contributed by atoms with Crippen LogP contribution in [0.15, 0.2) is 0 Å². The Morgan fingerprint density at radius 1 is 1.11 bits per heavy atom. The highest BCUT2D eigenvalue weighted by Crippen LogP contribution is 2.40. The molecule has 2 aliphatic rings. The second kappa shape index (κ2) is 5.50. The summed E-state index contributed by atoms with van der Waals surface area (Å²) in [5.41, 5.74) is 0.470. The van der Waals surface area contributed by atoms with Gasteiger partial charge >= 0.3 is 0 Å². The lowest BCUT2D eigenvalue weighted by Gasteiger charge is -2.45. The van der Waals surface area contributed by atoms with Crippen LogP contribution in [0.5, 0.6) is 0 Å². The average molecular weight is 252 g/mol. The molecule has 2 aliphatic carbocycles. The van der Waals surface area contributed by atoms with Gasteiger partial charge in [-0.25, -0.2) is 0 Å². The standard InChI is InChI=1S/C16H32N2/c1-16(2,3)13-8-9-14(17-4)15(10-13)18(5)11-12-6-7-12/h12-15,17H,6-11H2,1-5H3. The molecule has 2 rings (SSSR count). The Morgan fingerprint density at radius 2 is 1.78 bits per heavy atom. The quantitative estimate of drug-likeness (QED) is 0.827. The highest BCUT2D eigenvalue weighted by Gasteiger charge is 2.38. The fourth-order valence-corrected chi connectivity index (χ4v) is 3.60. The van der Waals surface area contributed by atoms with Crippen molar-refractivity contribution in [2.75, 3.05) is 20.6 Å². The molecule has 2 nitrogen and oxygen atoms in total. The van der Waals surface area contributed by atoms with Gasteiger partial charge in [0.2, 0.25) is 0 Å². The van der Waals surface area contributed by atoms with Crippen LogP contribution >= 0.6 is 0 Å². The predicted octanol–water partition coefficient (Wildman–Crippen LogP) is 3.13. The Balaban J connectivity index is 1.97. The van der Waals surface area contributed by atoms with E-state index >= 15 is 0 Å². The molecule has 0 aromatic heterocycles. The first-order valence-corrected chi connectivity index (χ1v) is 7.79. The molecule has 2 fully saturated rings. The normalized spacial score (nSPS) is 34.0. The summed E-state index contributed by atoms with van der Waals surface area (Å²) in [5, 5.41) is 3.56. The Bertz CT molecular complexity index is 265. The first kappa shape index (κ1) is 14.3. The number of hydrogen-bond acceptors (Lipinski definition) is 2. The minimum absolute atomic E-state index is 0.470. The monoisotopic (exact) mass is 252 g/mol. The molecule has 18 heavy (non-hydrogen) atoms. The molecule has 0 aromatic carbocycles. The van der Waals surface area contributed by atoms with Crippen LogP contribution in [-0.4, -0.2) is 37.6 Å². The molecule has 106 valence electrons. The van der Waals surface area contributed by atoms with Crippen LogP contribution in [0, 0.1) is 17.3 Å². The first-order chi connectivity index (χ1) is 8.41. The third kappa shape index (κ3) is 3.48. The smallest absolute Gasteiger partial charge is 0.0249 e. The van der Waals surface area contributed by atoms with Crippen molar-refractivity contribution in [2.24, 2.45) is 17.3 Å². The SMILES string of the molecule is CNC1CCC(C(C)(C)C)CC1N(C)CC1CC1. The van der Waals surface area contributed by atoms with Crippen molar-refractivity contribution in [3.05, 3.63) is 0 Å². The fourth-order valence-electron chi connectivity index (χ4n) is 3.60. The molecule has 0 spiro atoms. The van der Waals surface area contributed by atoms with E-state index in [1.807, 2.05) is 0 Å². The van der Waals surface area contributed by atoms with Crippen molar-refractivity contribution in [2.45, 2.75) is 65.0 Å². The van der Waals surface area contributed by atoms with Gasteiger partial charge < -0.3 is 10.2 Å². The predicted molar refractivity (Wildman–Crippen MR) is 78.8 cm³/mol. The Kier molecular flexibility index (Phi) is 4.38. The lowest BCUT2D eigenvalue weighted by atomic mass is 9.69. The second-order valence-electron chi connectivity index (χ2n) is 7.72. The number of nitrogens with zero attached hydrogens (tertiary/aromatic N) is 1. The average Bonchev–Trinajstić information content (AvgIpc) is 3.10. The number of nitrogens with one attached hydrogen (secondary N) is 1. The molecule has 0 aromatic rings. The van der Waals surface area contributed by atoms with E-state index in [1.54, 1.807) is 0 Å². The van der Waals surface area contributed by atoms with Gasteiger partial charge in [-0.1, -0.05) is 20.8 Å². The molecule has 1 N–H and O–H groups in total. The van der Waals surface area contributed by atoms with E-state index < -0.39 is 0 Å². The molecule has 2 saturated carbocycles. The van der Waals surface area contributed by atoms with Gasteiger partial charge in [0.25, 0.3) is 0 Å². The number of likely N-dealkylation sites (N-methyl/N-ethyl adjacent to an activating group) is 2. The summed E-state index contributed by atoms with van der Waals surface area (Å²) in [6, 6.07) is 1.45. The van der Waals surface area contributed by atoms with Crippen LogP contribution in [-0.2, 0) is 0 Å². The largest absolute Gasteiger partial charge is 0.315 e.